The minimum absolute atomic E-state index is 0.0233. The summed E-state index contributed by atoms with van der Waals surface area (Å²) in [6.07, 6.45) is 0. The van der Waals surface area contributed by atoms with Crippen LogP contribution in [0.2, 0.25) is 0 Å². The fourth-order valence-electron chi connectivity index (χ4n) is 1.41. The number of hydrogen-bond donors (Lipinski definition) is 1. The second-order valence-electron chi connectivity index (χ2n) is 4.17. The lowest BCUT2D eigenvalue weighted by molar-refractivity contribution is -0.387. The predicted molar refractivity (Wildman–Crippen MR) is 75.8 cm³/mol. The molecule has 104 valence electrons. The van der Waals surface area contributed by atoms with Crippen molar-refractivity contribution in [1.82, 2.24) is 10.2 Å². The molecule has 7 heteroatoms. The number of amides is 1. The van der Waals surface area contributed by atoms with Crippen LogP contribution in [-0.2, 0) is 0 Å². The second kappa shape index (κ2) is 7.10. The smallest absolute Gasteiger partial charge is 0.283 e. The average molecular weight is 283 g/mol. The summed E-state index contributed by atoms with van der Waals surface area (Å²) in [6, 6.07) is 4.55. The Morgan fingerprint density at radius 1 is 1.47 bits per heavy atom. The Balaban J connectivity index is 2.92. The molecular formula is C12H17N3O3S. The van der Waals surface area contributed by atoms with Crippen LogP contribution in [0.15, 0.2) is 23.1 Å². The molecule has 1 aromatic carbocycles. The van der Waals surface area contributed by atoms with E-state index in [0.717, 1.165) is 12.3 Å². The number of nitro benzene ring substituents is 1. The van der Waals surface area contributed by atoms with Crippen molar-refractivity contribution in [3.63, 3.8) is 0 Å². The molecule has 0 heterocycles. The van der Waals surface area contributed by atoms with Gasteiger partial charge in [-0.1, -0.05) is 0 Å². The molecule has 1 aromatic rings. The number of rotatable bonds is 6. The number of benzene rings is 1. The fraction of sp³-hybridized carbons (Fsp3) is 0.417. The first-order valence-electron chi connectivity index (χ1n) is 5.73. The first kappa shape index (κ1) is 15.5. The lowest BCUT2D eigenvalue weighted by atomic mass is 10.2. The van der Waals surface area contributed by atoms with Crippen LogP contribution in [-0.4, -0.2) is 49.2 Å². The summed E-state index contributed by atoms with van der Waals surface area (Å²) in [6.45, 7) is 0.832. The first-order valence-corrected chi connectivity index (χ1v) is 6.72. The van der Waals surface area contributed by atoms with Crippen LogP contribution in [0.4, 0.5) is 5.69 Å². The first-order chi connectivity index (χ1) is 8.95. The summed E-state index contributed by atoms with van der Waals surface area (Å²) >= 11 is 1.42. The molecule has 19 heavy (non-hydrogen) atoms. The number of nitro groups is 1. The van der Waals surface area contributed by atoms with Gasteiger partial charge in [0.05, 0.1) is 9.82 Å². The van der Waals surface area contributed by atoms with Crippen LogP contribution in [0, 0.1) is 10.1 Å². The minimum Gasteiger partial charge on any atom is -0.355 e. The van der Waals surface area contributed by atoms with Crippen molar-refractivity contribution in [2.24, 2.45) is 0 Å². The molecule has 0 aromatic heterocycles. The van der Waals surface area contributed by atoms with Crippen LogP contribution in [0.3, 0.4) is 0 Å². The molecule has 0 atom stereocenters. The third-order valence-corrected chi connectivity index (χ3v) is 3.48. The van der Waals surface area contributed by atoms with Gasteiger partial charge in [0.1, 0.15) is 0 Å². The maximum Gasteiger partial charge on any atom is 0.283 e. The van der Waals surface area contributed by atoms with E-state index in [0.29, 0.717) is 10.5 Å². The number of carbonyl (C=O) groups excluding carboxylic acids is 1. The van der Waals surface area contributed by atoms with Crippen molar-refractivity contribution in [1.29, 1.82) is 0 Å². The van der Waals surface area contributed by atoms with Crippen LogP contribution < -0.4 is 5.32 Å². The fourth-order valence-corrected chi connectivity index (χ4v) is 2.53. The quantitative estimate of drug-likeness (QED) is 0.487. The van der Waals surface area contributed by atoms with Crippen LogP contribution in [0.1, 0.15) is 10.4 Å². The highest BCUT2D eigenvalue weighted by Gasteiger charge is 2.17. The molecule has 0 bridgehead atoms. The van der Waals surface area contributed by atoms with Crippen molar-refractivity contribution in [2.45, 2.75) is 4.90 Å². The third kappa shape index (κ3) is 4.53. The van der Waals surface area contributed by atoms with Gasteiger partial charge in [0.15, 0.2) is 0 Å². The SMILES string of the molecule is CNC(=O)c1ccc(SCCN(C)C)c([N+](=O)[O-])c1. The Morgan fingerprint density at radius 3 is 2.68 bits per heavy atom. The molecule has 0 saturated heterocycles. The van der Waals surface area contributed by atoms with Gasteiger partial charge < -0.3 is 10.2 Å². The summed E-state index contributed by atoms with van der Waals surface area (Å²) in [4.78, 5) is 24.6. The maximum atomic E-state index is 11.5. The summed E-state index contributed by atoms with van der Waals surface area (Å²) < 4.78 is 0. The highest BCUT2D eigenvalue weighted by molar-refractivity contribution is 7.99. The van der Waals surface area contributed by atoms with Crippen molar-refractivity contribution < 1.29 is 9.72 Å². The Morgan fingerprint density at radius 2 is 2.16 bits per heavy atom. The standard InChI is InChI=1S/C12H17N3O3S/c1-13-12(16)9-4-5-11(10(8-9)15(17)18)19-7-6-14(2)3/h4-5,8H,6-7H2,1-3H3,(H,13,16). The molecule has 1 rings (SSSR count). The molecule has 0 fully saturated rings. The molecule has 0 aliphatic rings. The average Bonchev–Trinajstić information content (AvgIpc) is 2.37. The number of carbonyl (C=O) groups is 1. The zero-order valence-electron chi connectivity index (χ0n) is 11.2. The van der Waals surface area contributed by atoms with E-state index >= 15 is 0 Å². The van der Waals surface area contributed by atoms with Gasteiger partial charge in [0, 0.05) is 31.0 Å². The molecule has 0 aliphatic carbocycles. The lowest BCUT2D eigenvalue weighted by Gasteiger charge is -2.09. The van der Waals surface area contributed by atoms with Gasteiger partial charge in [0.2, 0.25) is 0 Å². The zero-order chi connectivity index (χ0) is 14.4. The van der Waals surface area contributed by atoms with Gasteiger partial charge in [-0.05, 0) is 26.2 Å². The molecule has 0 unspecified atom stereocenters. The summed E-state index contributed by atoms with van der Waals surface area (Å²) in [5, 5.41) is 13.5. The van der Waals surface area contributed by atoms with Crippen molar-refractivity contribution in [3.8, 4) is 0 Å². The molecule has 1 amide bonds. The highest BCUT2D eigenvalue weighted by atomic mass is 32.2. The van der Waals surface area contributed by atoms with E-state index in [1.54, 1.807) is 12.1 Å². The van der Waals surface area contributed by atoms with Gasteiger partial charge in [-0.2, -0.15) is 0 Å². The van der Waals surface area contributed by atoms with E-state index in [1.807, 2.05) is 19.0 Å². The monoisotopic (exact) mass is 283 g/mol. The summed E-state index contributed by atoms with van der Waals surface area (Å²) in [5.41, 5.74) is 0.274. The van der Waals surface area contributed by atoms with Gasteiger partial charge in [-0.25, -0.2) is 0 Å². The van der Waals surface area contributed by atoms with E-state index in [-0.39, 0.29) is 11.6 Å². The van der Waals surface area contributed by atoms with Crippen LogP contribution >= 0.6 is 11.8 Å². The summed E-state index contributed by atoms with van der Waals surface area (Å²) in [7, 11) is 5.39. The van der Waals surface area contributed by atoms with Crippen LogP contribution in [0.25, 0.3) is 0 Å². The van der Waals surface area contributed by atoms with Crippen molar-refractivity contribution in [2.75, 3.05) is 33.4 Å². The van der Waals surface area contributed by atoms with Gasteiger partial charge >= 0.3 is 0 Å². The topological polar surface area (TPSA) is 75.5 Å². The number of thioether (sulfide) groups is 1. The molecule has 0 saturated carbocycles. The number of nitrogens with zero attached hydrogens (tertiary/aromatic N) is 2. The van der Waals surface area contributed by atoms with Gasteiger partial charge in [-0.3, -0.25) is 14.9 Å². The Hall–Kier alpha value is -1.60. The van der Waals surface area contributed by atoms with E-state index in [4.69, 9.17) is 0 Å². The lowest BCUT2D eigenvalue weighted by Crippen LogP contribution is -2.18. The Labute approximate surface area is 116 Å². The van der Waals surface area contributed by atoms with Gasteiger partial charge in [0.25, 0.3) is 11.6 Å². The molecule has 6 nitrogen and oxygen atoms in total. The maximum absolute atomic E-state index is 11.5. The third-order valence-electron chi connectivity index (χ3n) is 2.44. The normalized spacial score (nSPS) is 10.5. The van der Waals surface area contributed by atoms with Crippen molar-refractivity contribution in [3.05, 3.63) is 33.9 Å². The van der Waals surface area contributed by atoms with Crippen molar-refractivity contribution >= 4 is 23.4 Å². The number of hydrogen-bond acceptors (Lipinski definition) is 5. The van der Waals surface area contributed by atoms with Crippen LogP contribution in [0.5, 0.6) is 0 Å². The van der Waals surface area contributed by atoms with E-state index in [1.165, 1.54) is 24.9 Å². The van der Waals surface area contributed by atoms with E-state index < -0.39 is 4.92 Å². The van der Waals surface area contributed by atoms with Gasteiger partial charge in [-0.15, -0.1) is 11.8 Å². The Kier molecular flexibility index (Phi) is 5.78. The summed E-state index contributed by atoms with van der Waals surface area (Å²) in [5.74, 6) is 0.431. The predicted octanol–water partition coefficient (Wildman–Crippen LogP) is 1.61. The van der Waals surface area contributed by atoms with E-state index in [2.05, 4.69) is 5.32 Å². The molecule has 0 spiro atoms. The highest BCUT2D eigenvalue weighted by Crippen LogP contribution is 2.30. The zero-order valence-corrected chi connectivity index (χ0v) is 12.0. The molecular weight excluding hydrogens is 266 g/mol. The molecule has 1 N–H and O–H groups in total. The van der Waals surface area contributed by atoms with E-state index in [9.17, 15) is 14.9 Å². The Bertz CT molecular complexity index is 477. The second-order valence-corrected chi connectivity index (χ2v) is 5.31. The molecule has 0 radical (unpaired) electrons. The molecule has 0 aliphatic heterocycles. The minimum atomic E-state index is -0.454. The largest absolute Gasteiger partial charge is 0.355 e. The number of nitrogens with one attached hydrogen (secondary N) is 1.